The molecule has 26 heavy (non-hydrogen) atoms. The maximum absolute atomic E-state index is 12.9. The quantitative estimate of drug-likeness (QED) is 0.707. The second kappa shape index (κ2) is 6.87. The summed E-state index contributed by atoms with van der Waals surface area (Å²) >= 11 is 1.39. The largest absolute Gasteiger partial charge is 0.459 e. The molecule has 0 spiro atoms. The summed E-state index contributed by atoms with van der Waals surface area (Å²) in [5.41, 5.74) is 0.748. The molecular formula is C18H19N5O2S. The van der Waals surface area contributed by atoms with Crippen LogP contribution >= 0.6 is 11.3 Å². The number of nitrogens with zero attached hydrogens (tertiary/aromatic N) is 5. The summed E-state index contributed by atoms with van der Waals surface area (Å²) in [6, 6.07) is 5.59. The van der Waals surface area contributed by atoms with Crippen LogP contribution in [0.15, 0.2) is 35.0 Å². The maximum atomic E-state index is 12.9. The molecular weight excluding hydrogens is 350 g/mol. The Kier molecular flexibility index (Phi) is 4.42. The van der Waals surface area contributed by atoms with Crippen LogP contribution < -0.4 is 4.90 Å². The molecule has 4 heterocycles. The fraction of sp³-hybridized carbons (Fsp3) is 0.333. The molecule has 0 radical (unpaired) electrons. The SMILES string of the molecule is Cc1ccc(-c2nc(C)c(C(=O)N3CCN(c4ncccn4)CC3)s2)o1. The fourth-order valence-corrected chi connectivity index (χ4v) is 3.95. The van der Waals surface area contributed by atoms with Crippen molar-refractivity contribution in [2.75, 3.05) is 31.1 Å². The van der Waals surface area contributed by atoms with Gasteiger partial charge in [0.1, 0.15) is 10.6 Å². The van der Waals surface area contributed by atoms with Crippen molar-refractivity contribution in [3.05, 3.63) is 46.9 Å². The first-order valence-electron chi connectivity index (χ1n) is 8.47. The highest BCUT2D eigenvalue weighted by atomic mass is 32.1. The minimum absolute atomic E-state index is 0.0307. The van der Waals surface area contributed by atoms with Crippen LogP contribution in [0.1, 0.15) is 21.1 Å². The van der Waals surface area contributed by atoms with Crippen LogP contribution in [0.25, 0.3) is 10.8 Å². The second-order valence-corrected chi connectivity index (χ2v) is 7.17. The van der Waals surface area contributed by atoms with E-state index in [4.69, 9.17) is 4.42 Å². The zero-order valence-electron chi connectivity index (χ0n) is 14.7. The number of thiazole rings is 1. The van der Waals surface area contributed by atoms with Crippen LogP contribution in [0.4, 0.5) is 5.95 Å². The highest BCUT2D eigenvalue weighted by Crippen LogP contribution is 2.30. The molecule has 0 bridgehead atoms. The number of amides is 1. The number of hydrogen-bond acceptors (Lipinski definition) is 7. The average molecular weight is 369 g/mol. The Morgan fingerprint density at radius 2 is 1.85 bits per heavy atom. The van der Waals surface area contributed by atoms with Crippen LogP contribution in [0, 0.1) is 13.8 Å². The molecule has 4 rings (SSSR count). The smallest absolute Gasteiger partial charge is 0.265 e. The number of carbonyl (C=O) groups excluding carboxylic acids is 1. The third-order valence-electron chi connectivity index (χ3n) is 4.34. The van der Waals surface area contributed by atoms with Gasteiger partial charge in [0.2, 0.25) is 5.95 Å². The van der Waals surface area contributed by atoms with E-state index in [-0.39, 0.29) is 5.91 Å². The second-order valence-electron chi connectivity index (χ2n) is 6.17. The Hall–Kier alpha value is -2.74. The number of furan rings is 1. The number of piperazine rings is 1. The molecule has 0 atom stereocenters. The summed E-state index contributed by atoms with van der Waals surface area (Å²) in [7, 11) is 0. The van der Waals surface area contributed by atoms with E-state index in [0.29, 0.717) is 29.7 Å². The van der Waals surface area contributed by atoms with Crippen molar-refractivity contribution in [2.45, 2.75) is 13.8 Å². The van der Waals surface area contributed by atoms with Crippen LogP contribution in [-0.2, 0) is 0 Å². The molecule has 1 fully saturated rings. The third kappa shape index (κ3) is 3.20. The van der Waals surface area contributed by atoms with Gasteiger partial charge in [0.25, 0.3) is 5.91 Å². The molecule has 0 aromatic carbocycles. The number of aromatic nitrogens is 3. The van der Waals surface area contributed by atoms with Crippen LogP contribution in [0.2, 0.25) is 0 Å². The Labute approximate surface area is 155 Å². The van der Waals surface area contributed by atoms with Crippen molar-refractivity contribution in [1.29, 1.82) is 0 Å². The molecule has 3 aromatic rings. The molecule has 7 nitrogen and oxygen atoms in total. The van der Waals surface area contributed by atoms with Gasteiger partial charge in [-0.25, -0.2) is 15.0 Å². The molecule has 0 unspecified atom stereocenters. The molecule has 0 saturated carbocycles. The van der Waals surface area contributed by atoms with E-state index in [9.17, 15) is 4.79 Å². The number of anilines is 1. The summed E-state index contributed by atoms with van der Waals surface area (Å²) in [4.78, 5) is 30.7. The summed E-state index contributed by atoms with van der Waals surface area (Å²) in [6.07, 6.45) is 3.47. The Morgan fingerprint density at radius 3 is 2.50 bits per heavy atom. The van der Waals surface area contributed by atoms with Gasteiger partial charge in [0, 0.05) is 38.6 Å². The van der Waals surface area contributed by atoms with Crippen molar-refractivity contribution < 1.29 is 9.21 Å². The normalized spacial score (nSPS) is 14.7. The first-order valence-corrected chi connectivity index (χ1v) is 9.29. The minimum atomic E-state index is 0.0307. The monoisotopic (exact) mass is 369 g/mol. The summed E-state index contributed by atoms with van der Waals surface area (Å²) in [5, 5.41) is 0.746. The van der Waals surface area contributed by atoms with Gasteiger partial charge in [-0.1, -0.05) is 0 Å². The van der Waals surface area contributed by atoms with Crippen molar-refractivity contribution in [3.63, 3.8) is 0 Å². The van der Waals surface area contributed by atoms with Gasteiger partial charge in [0.15, 0.2) is 10.8 Å². The predicted molar refractivity (Wildman–Crippen MR) is 99.4 cm³/mol. The van der Waals surface area contributed by atoms with E-state index in [1.807, 2.05) is 30.9 Å². The fourth-order valence-electron chi connectivity index (χ4n) is 2.96. The average Bonchev–Trinajstić information content (AvgIpc) is 3.28. The lowest BCUT2D eigenvalue weighted by Gasteiger charge is -2.34. The molecule has 134 valence electrons. The van der Waals surface area contributed by atoms with Gasteiger partial charge in [-0.2, -0.15) is 0 Å². The zero-order chi connectivity index (χ0) is 18.1. The van der Waals surface area contributed by atoms with Crippen LogP contribution in [-0.4, -0.2) is 51.9 Å². The van der Waals surface area contributed by atoms with E-state index >= 15 is 0 Å². The van der Waals surface area contributed by atoms with Gasteiger partial charge in [0.05, 0.1) is 5.69 Å². The lowest BCUT2D eigenvalue weighted by Crippen LogP contribution is -2.49. The Morgan fingerprint density at radius 1 is 1.12 bits per heavy atom. The molecule has 0 aliphatic carbocycles. The Balaban J connectivity index is 1.46. The number of aryl methyl sites for hydroxylation is 2. The molecule has 1 amide bonds. The first kappa shape index (κ1) is 16.7. The van der Waals surface area contributed by atoms with Crippen LogP contribution in [0.3, 0.4) is 0 Å². The lowest BCUT2D eigenvalue weighted by molar-refractivity contribution is 0.0750. The number of rotatable bonds is 3. The van der Waals surface area contributed by atoms with Gasteiger partial charge in [-0.05, 0) is 32.0 Å². The molecule has 1 saturated heterocycles. The van der Waals surface area contributed by atoms with Crippen molar-refractivity contribution >= 4 is 23.2 Å². The molecule has 1 aliphatic rings. The van der Waals surface area contributed by atoms with Gasteiger partial charge in [-0.15, -0.1) is 11.3 Å². The number of carbonyl (C=O) groups is 1. The highest BCUT2D eigenvalue weighted by Gasteiger charge is 2.26. The van der Waals surface area contributed by atoms with Crippen molar-refractivity contribution in [1.82, 2.24) is 19.9 Å². The summed E-state index contributed by atoms with van der Waals surface area (Å²) in [6.45, 7) is 6.49. The van der Waals surface area contributed by atoms with Crippen molar-refractivity contribution in [2.24, 2.45) is 0 Å². The predicted octanol–water partition coefficient (Wildman–Crippen LogP) is 2.77. The third-order valence-corrected chi connectivity index (χ3v) is 5.50. The van der Waals surface area contributed by atoms with E-state index in [1.54, 1.807) is 18.5 Å². The molecule has 3 aromatic heterocycles. The lowest BCUT2D eigenvalue weighted by atomic mass is 10.3. The maximum Gasteiger partial charge on any atom is 0.265 e. The molecule has 8 heteroatoms. The molecule has 1 aliphatic heterocycles. The topological polar surface area (TPSA) is 75.4 Å². The van der Waals surface area contributed by atoms with Crippen molar-refractivity contribution in [3.8, 4) is 10.8 Å². The standard InChI is InChI=1S/C18H19N5O2S/c1-12-4-5-14(25-12)16-21-13(2)15(26-16)17(24)22-8-10-23(11-9-22)18-19-6-3-7-20-18/h3-7H,8-11H2,1-2H3. The van der Waals surface area contributed by atoms with Gasteiger partial charge >= 0.3 is 0 Å². The summed E-state index contributed by atoms with van der Waals surface area (Å²) in [5.74, 6) is 2.29. The molecule has 0 N–H and O–H groups in total. The minimum Gasteiger partial charge on any atom is -0.459 e. The van der Waals surface area contributed by atoms with E-state index in [2.05, 4.69) is 19.9 Å². The summed E-state index contributed by atoms with van der Waals surface area (Å²) < 4.78 is 5.63. The van der Waals surface area contributed by atoms with Gasteiger partial charge in [-0.3, -0.25) is 4.79 Å². The van der Waals surface area contributed by atoms with E-state index in [1.165, 1.54) is 11.3 Å². The van der Waals surface area contributed by atoms with Crippen LogP contribution in [0.5, 0.6) is 0 Å². The van der Waals surface area contributed by atoms with E-state index < -0.39 is 0 Å². The van der Waals surface area contributed by atoms with Gasteiger partial charge < -0.3 is 14.2 Å². The van der Waals surface area contributed by atoms with E-state index in [0.717, 1.165) is 29.6 Å². The highest BCUT2D eigenvalue weighted by molar-refractivity contribution is 7.17. The number of hydrogen-bond donors (Lipinski definition) is 0. The zero-order valence-corrected chi connectivity index (χ0v) is 15.5. The first-order chi connectivity index (χ1) is 12.6. The Bertz CT molecular complexity index is 913.